The Morgan fingerprint density at radius 1 is 1.04 bits per heavy atom. The van der Waals surface area contributed by atoms with Gasteiger partial charge in [-0.15, -0.1) is 24.0 Å². The molecule has 0 fully saturated rings. The van der Waals surface area contributed by atoms with Crippen LogP contribution in [0.1, 0.15) is 29.5 Å². The molecule has 2 aromatic carbocycles. The number of nitrogens with two attached hydrogens (primary N) is 1. The number of anilines is 1. The average Bonchev–Trinajstić information content (AvgIpc) is 2.58. The highest BCUT2D eigenvalue weighted by Crippen LogP contribution is 2.13. The van der Waals surface area contributed by atoms with Gasteiger partial charge in [0.05, 0.1) is 6.61 Å². The van der Waals surface area contributed by atoms with Gasteiger partial charge in [0.15, 0.2) is 5.96 Å². The Hall–Kier alpha value is -1.60. The third-order valence-corrected chi connectivity index (χ3v) is 3.87. The summed E-state index contributed by atoms with van der Waals surface area (Å²) in [5.74, 6) is 0.462. The summed E-state index contributed by atoms with van der Waals surface area (Å²) in [4.78, 5) is 4.36. The number of aliphatic imine (C=N–C) groups is 1. The van der Waals surface area contributed by atoms with Gasteiger partial charge in [-0.3, -0.25) is 4.99 Å². The maximum absolute atomic E-state index is 5.92. The number of benzene rings is 2. The molecule has 3 N–H and O–H groups in total. The van der Waals surface area contributed by atoms with Crippen LogP contribution in [0.5, 0.6) is 0 Å². The number of rotatable bonds is 8. The first-order valence-corrected chi connectivity index (χ1v) is 8.41. The highest BCUT2D eigenvalue weighted by molar-refractivity contribution is 14.0. The molecule has 0 unspecified atom stereocenters. The maximum atomic E-state index is 5.92. The van der Waals surface area contributed by atoms with E-state index in [-0.39, 0.29) is 24.0 Å². The van der Waals surface area contributed by atoms with Crippen molar-refractivity contribution in [1.82, 2.24) is 0 Å². The van der Waals surface area contributed by atoms with E-state index < -0.39 is 0 Å². The van der Waals surface area contributed by atoms with Gasteiger partial charge in [0.25, 0.3) is 0 Å². The monoisotopic (exact) mass is 453 g/mol. The number of hydrogen-bond donors (Lipinski definition) is 2. The molecule has 0 atom stereocenters. The van der Waals surface area contributed by atoms with Crippen LogP contribution in [0.2, 0.25) is 0 Å². The fourth-order valence-electron chi connectivity index (χ4n) is 2.29. The SMILES string of the molecule is Cc1ccc(NC(N)=NCCCCOCc2ccccc2)cc1C.I. The van der Waals surface area contributed by atoms with Crippen molar-refractivity contribution >= 4 is 35.6 Å². The van der Waals surface area contributed by atoms with E-state index in [1.165, 1.54) is 16.7 Å². The van der Waals surface area contributed by atoms with E-state index in [0.717, 1.165) is 25.1 Å². The minimum atomic E-state index is 0. The molecule has 4 nitrogen and oxygen atoms in total. The number of nitrogens with one attached hydrogen (secondary N) is 1. The number of hydrogen-bond acceptors (Lipinski definition) is 2. The lowest BCUT2D eigenvalue weighted by Crippen LogP contribution is -2.23. The summed E-state index contributed by atoms with van der Waals surface area (Å²) in [7, 11) is 0. The zero-order valence-corrected chi connectivity index (χ0v) is 17.3. The lowest BCUT2D eigenvalue weighted by molar-refractivity contribution is 0.117. The quantitative estimate of drug-likeness (QED) is 0.265. The maximum Gasteiger partial charge on any atom is 0.193 e. The normalized spacial score (nSPS) is 11.0. The summed E-state index contributed by atoms with van der Waals surface area (Å²) < 4.78 is 5.65. The van der Waals surface area contributed by atoms with Crippen LogP contribution in [0.4, 0.5) is 5.69 Å². The fourth-order valence-corrected chi connectivity index (χ4v) is 2.29. The van der Waals surface area contributed by atoms with Crippen LogP contribution in [0.15, 0.2) is 53.5 Å². The standard InChI is InChI=1S/C20H27N3O.HI/c1-16-10-11-19(14-17(16)2)23-20(21)22-12-6-7-13-24-15-18-8-4-3-5-9-18;/h3-5,8-11,14H,6-7,12-13,15H2,1-2H3,(H3,21,22,23);1H. The van der Waals surface area contributed by atoms with E-state index in [0.29, 0.717) is 19.1 Å². The van der Waals surface area contributed by atoms with Crippen LogP contribution in [-0.2, 0) is 11.3 Å². The van der Waals surface area contributed by atoms with E-state index >= 15 is 0 Å². The van der Waals surface area contributed by atoms with Gasteiger partial charge in [-0.1, -0.05) is 36.4 Å². The van der Waals surface area contributed by atoms with E-state index in [2.05, 4.69) is 48.4 Å². The smallest absolute Gasteiger partial charge is 0.193 e. The number of nitrogens with zero attached hydrogens (tertiary/aromatic N) is 1. The zero-order chi connectivity index (χ0) is 17.2. The van der Waals surface area contributed by atoms with Crippen molar-refractivity contribution in [3.63, 3.8) is 0 Å². The van der Waals surface area contributed by atoms with Crippen molar-refractivity contribution < 1.29 is 4.74 Å². The molecule has 0 heterocycles. The highest BCUT2D eigenvalue weighted by Gasteiger charge is 1.98. The van der Waals surface area contributed by atoms with Crippen molar-refractivity contribution in [2.24, 2.45) is 10.7 Å². The number of unbranched alkanes of at least 4 members (excludes halogenated alkanes) is 1. The first-order valence-electron chi connectivity index (χ1n) is 8.41. The molecule has 2 rings (SSSR count). The van der Waals surface area contributed by atoms with Crippen LogP contribution in [-0.4, -0.2) is 19.1 Å². The van der Waals surface area contributed by atoms with Gasteiger partial charge in [0, 0.05) is 18.8 Å². The minimum absolute atomic E-state index is 0. The molecule has 0 bridgehead atoms. The van der Waals surface area contributed by atoms with Crippen LogP contribution >= 0.6 is 24.0 Å². The Kier molecular flexibility index (Phi) is 10.2. The molecule has 2 aromatic rings. The van der Waals surface area contributed by atoms with Crippen molar-refractivity contribution in [3.8, 4) is 0 Å². The predicted molar refractivity (Wildman–Crippen MR) is 117 cm³/mol. The topological polar surface area (TPSA) is 59.6 Å². The molecule has 0 aliphatic carbocycles. The number of aryl methyl sites for hydroxylation is 2. The number of guanidine groups is 1. The first-order chi connectivity index (χ1) is 11.6. The fraction of sp³-hybridized carbons (Fsp3) is 0.350. The molecule has 0 spiro atoms. The second-order valence-electron chi connectivity index (χ2n) is 5.94. The molecule has 0 radical (unpaired) electrons. The highest BCUT2D eigenvalue weighted by atomic mass is 127. The number of halogens is 1. The van der Waals surface area contributed by atoms with Crippen molar-refractivity contribution in [1.29, 1.82) is 0 Å². The predicted octanol–water partition coefficient (Wildman–Crippen LogP) is 4.65. The summed E-state index contributed by atoms with van der Waals surface area (Å²) in [5.41, 5.74) is 10.6. The summed E-state index contributed by atoms with van der Waals surface area (Å²) in [6, 6.07) is 16.4. The second-order valence-corrected chi connectivity index (χ2v) is 5.94. The third kappa shape index (κ3) is 8.36. The Balaban J connectivity index is 0.00000312. The molecular weight excluding hydrogens is 425 g/mol. The van der Waals surface area contributed by atoms with Gasteiger partial charge in [0.2, 0.25) is 0 Å². The van der Waals surface area contributed by atoms with E-state index in [4.69, 9.17) is 10.5 Å². The summed E-state index contributed by atoms with van der Waals surface area (Å²) in [5, 5.41) is 3.13. The van der Waals surface area contributed by atoms with Crippen molar-refractivity contribution in [2.45, 2.75) is 33.3 Å². The summed E-state index contributed by atoms with van der Waals surface area (Å²) in [6.07, 6.45) is 1.94. The molecule has 0 saturated heterocycles. The van der Waals surface area contributed by atoms with Gasteiger partial charge in [-0.2, -0.15) is 0 Å². The second kappa shape index (κ2) is 11.9. The Labute approximate surface area is 167 Å². The third-order valence-electron chi connectivity index (χ3n) is 3.87. The van der Waals surface area contributed by atoms with Crippen LogP contribution in [0.3, 0.4) is 0 Å². The molecule has 25 heavy (non-hydrogen) atoms. The molecule has 0 amide bonds. The zero-order valence-electron chi connectivity index (χ0n) is 15.0. The molecule has 5 heteroatoms. The van der Waals surface area contributed by atoms with Crippen molar-refractivity contribution in [3.05, 3.63) is 65.2 Å². The van der Waals surface area contributed by atoms with E-state index in [9.17, 15) is 0 Å². The number of ether oxygens (including phenoxy) is 1. The minimum Gasteiger partial charge on any atom is -0.377 e. The molecular formula is C20H28IN3O. The van der Waals surface area contributed by atoms with Gasteiger partial charge in [-0.05, 0) is 55.5 Å². The van der Waals surface area contributed by atoms with Gasteiger partial charge >= 0.3 is 0 Å². The Bertz CT molecular complexity index is 659. The summed E-state index contributed by atoms with van der Waals surface area (Å²) in [6.45, 7) is 6.30. The summed E-state index contributed by atoms with van der Waals surface area (Å²) >= 11 is 0. The van der Waals surface area contributed by atoms with E-state index in [1.807, 2.05) is 24.3 Å². The van der Waals surface area contributed by atoms with Crippen molar-refractivity contribution in [2.75, 3.05) is 18.5 Å². The van der Waals surface area contributed by atoms with Crippen LogP contribution < -0.4 is 11.1 Å². The van der Waals surface area contributed by atoms with Gasteiger partial charge in [0.1, 0.15) is 0 Å². The molecule has 0 saturated carbocycles. The average molecular weight is 453 g/mol. The Morgan fingerprint density at radius 2 is 1.80 bits per heavy atom. The van der Waals surface area contributed by atoms with Crippen LogP contribution in [0.25, 0.3) is 0 Å². The largest absolute Gasteiger partial charge is 0.377 e. The molecule has 0 aromatic heterocycles. The lowest BCUT2D eigenvalue weighted by atomic mass is 10.1. The van der Waals surface area contributed by atoms with Crippen LogP contribution in [0, 0.1) is 13.8 Å². The Morgan fingerprint density at radius 3 is 2.52 bits per heavy atom. The van der Waals surface area contributed by atoms with E-state index in [1.54, 1.807) is 0 Å². The molecule has 136 valence electrons. The first kappa shape index (κ1) is 21.4. The lowest BCUT2D eigenvalue weighted by Gasteiger charge is -2.08. The van der Waals surface area contributed by atoms with Gasteiger partial charge in [-0.25, -0.2) is 0 Å². The molecule has 0 aliphatic rings. The van der Waals surface area contributed by atoms with Gasteiger partial charge < -0.3 is 15.8 Å². The molecule has 0 aliphatic heterocycles.